The Morgan fingerprint density at radius 1 is 1.13 bits per heavy atom. The number of nitrogens with one attached hydrogen (secondary N) is 1. The van der Waals surface area contributed by atoms with E-state index in [1.54, 1.807) is 0 Å². The van der Waals surface area contributed by atoms with Gasteiger partial charge in [-0.15, -0.1) is 6.42 Å². The van der Waals surface area contributed by atoms with Gasteiger partial charge < -0.3 is 0 Å². The quantitative estimate of drug-likeness (QED) is 0.520. The molecule has 0 aliphatic heterocycles. The minimum absolute atomic E-state index is 0.479. The molecule has 0 spiro atoms. The fraction of sp³-hybridized carbons (Fsp3) is 0.429. The molecule has 0 amide bonds. The largest absolute Gasteiger partial charge is 0.299 e. The van der Waals surface area contributed by atoms with Crippen molar-refractivity contribution in [1.29, 1.82) is 0 Å². The van der Waals surface area contributed by atoms with E-state index in [1.807, 2.05) is 0 Å². The number of rotatable bonds is 5. The van der Waals surface area contributed by atoms with Gasteiger partial charge in [-0.2, -0.15) is 16.8 Å². The minimum atomic E-state index is -4.30. The molecule has 0 heterocycles. The number of fused-ring (bicyclic) bond motifs is 1. The van der Waals surface area contributed by atoms with Gasteiger partial charge in [-0.05, 0) is 24.0 Å². The number of terminal acetylenes is 1. The first-order valence-corrected chi connectivity index (χ1v) is 9.99. The first-order valence-electron chi connectivity index (χ1n) is 6.77. The summed E-state index contributed by atoms with van der Waals surface area (Å²) >= 11 is 0. The summed E-state index contributed by atoms with van der Waals surface area (Å²) < 4.78 is 55.4. The molecule has 2 rings (SSSR count). The summed E-state index contributed by atoms with van der Waals surface area (Å²) in [5, 5.41) is 3.35. The average molecular weight is 361 g/mol. The highest BCUT2D eigenvalue weighted by molar-refractivity contribution is 7.89. The summed E-state index contributed by atoms with van der Waals surface area (Å²) in [4.78, 5) is 0. The van der Waals surface area contributed by atoms with Crippen molar-refractivity contribution in [2.24, 2.45) is 0 Å². The molecule has 1 atom stereocenters. The highest BCUT2D eigenvalue weighted by Crippen LogP contribution is 2.30. The predicted octanol–water partition coefficient (Wildman–Crippen LogP) is 0.659. The van der Waals surface area contributed by atoms with E-state index in [2.05, 4.69) is 35.5 Å². The zero-order valence-corrected chi connectivity index (χ0v) is 14.0. The smallest absolute Gasteiger partial charge is 0.265 e. The lowest BCUT2D eigenvalue weighted by atomic mass is 10.1. The van der Waals surface area contributed by atoms with Gasteiger partial charge in [0.05, 0.1) is 18.1 Å². The van der Waals surface area contributed by atoms with Crippen LogP contribution in [-0.2, 0) is 26.7 Å². The Balaban J connectivity index is 0.000000241. The summed E-state index contributed by atoms with van der Waals surface area (Å²) in [6.07, 6.45) is 7.57. The average Bonchev–Trinajstić information content (AvgIpc) is 2.86. The van der Waals surface area contributed by atoms with Gasteiger partial charge in [-0.3, -0.25) is 14.4 Å². The molecule has 0 radical (unpaired) electrons. The van der Waals surface area contributed by atoms with Gasteiger partial charge in [-0.1, -0.05) is 30.2 Å². The van der Waals surface area contributed by atoms with Crippen molar-refractivity contribution in [3.05, 3.63) is 35.4 Å². The van der Waals surface area contributed by atoms with E-state index in [0.717, 1.165) is 0 Å². The van der Waals surface area contributed by atoms with E-state index in [1.165, 1.54) is 24.0 Å². The number of hydrogen-bond donors (Lipinski definition) is 3. The standard InChI is InChI=1S/C12H13N.C2H6O6S2/c1-2-9-13-12-8-7-10-5-3-4-6-11(10)12;3-9(4,5)1-2-10(6,7)8/h1,3-6,12-13H,7-9H2;1-2H2,(H,3,4,5)(H,6,7,8)/t12-;/m1./s1. The van der Waals surface area contributed by atoms with E-state index in [0.29, 0.717) is 12.6 Å². The van der Waals surface area contributed by atoms with Crippen LogP contribution in [0.2, 0.25) is 0 Å². The van der Waals surface area contributed by atoms with Gasteiger partial charge >= 0.3 is 0 Å². The first kappa shape index (κ1) is 19.6. The number of aryl methyl sites for hydroxylation is 1. The van der Waals surface area contributed by atoms with Crippen LogP contribution < -0.4 is 5.32 Å². The van der Waals surface area contributed by atoms with E-state index < -0.39 is 31.7 Å². The highest BCUT2D eigenvalue weighted by atomic mass is 32.2. The third-order valence-corrected chi connectivity index (χ3v) is 4.88. The molecule has 0 unspecified atom stereocenters. The summed E-state index contributed by atoms with van der Waals surface area (Å²) in [5.41, 5.74) is 2.90. The Bertz CT molecular complexity index is 733. The number of benzene rings is 1. The minimum Gasteiger partial charge on any atom is -0.299 e. The summed E-state index contributed by atoms with van der Waals surface area (Å²) in [6, 6.07) is 9.06. The maximum atomic E-state index is 9.86. The maximum absolute atomic E-state index is 9.86. The van der Waals surface area contributed by atoms with E-state index in [4.69, 9.17) is 15.5 Å². The Morgan fingerprint density at radius 3 is 2.22 bits per heavy atom. The van der Waals surface area contributed by atoms with E-state index >= 15 is 0 Å². The molecule has 0 saturated heterocycles. The molecule has 1 aromatic rings. The molecular formula is C14H19NO6S2. The van der Waals surface area contributed by atoms with Gasteiger partial charge in [0.25, 0.3) is 20.2 Å². The SMILES string of the molecule is C#CCN[C@@H]1CCc2ccccc21.O=S(=O)(O)CCS(=O)(=O)O. The molecule has 0 bridgehead atoms. The lowest BCUT2D eigenvalue weighted by Gasteiger charge is -2.10. The van der Waals surface area contributed by atoms with E-state index in [9.17, 15) is 16.8 Å². The van der Waals surface area contributed by atoms with Crippen molar-refractivity contribution in [1.82, 2.24) is 5.32 Å². The van der Waals surface area contributed by atoms with Crippen molar-refractivity contribution in [3.8, 4) is 12.3 Å². The second kappa shape index (κ2) is 8.42. The molecule has 1 aliphatic carbocycles. The Hall–Kier alpha value is -1.44. The molecule has 0 fully saturated rings. The fourth-order valence-corrected chi connectivity index (χ4v) is 3.85. The number of hydrogen-bond acceptors (Lipinski definition) is 5. The van der Waals surface area contributed by atoms with Gasteiger partial charge in [0.1, 0.15) is 0 Å². The maximum Gasteiger partial charge on any atom is 0.265 e. The van der Waals surface area contributed by atoms with Crippen LogP contribution in [0, 0.1) is 12.3 Å². The topological polar surface area (TPSA) is 121 Å². The lowest BCUT2D eigenvalue weighted by Crippen LogP contribution is -2.19. The van der Waals surface area contributed by atoms with Gasteiger partial charge in [0, 0.05) is 6.04 Å². The third-order valence-electron chi connectivity index (χ3n) is 3.18. The molecule has 1 aliphatic rings. The normalized spacial score (nSPS) is 16.8. The molecule has 23 heavy (non-hydrogen) atoms. The highest BCUT2D eigenvalue weighted by Gasteiger charge is 2.20. The molecule has 7 nitrogen and oxygen atoms in total. The Labute approximate surface area is 136 Å². The molecule has 1 aromatic carbocycles. The molecule has 3 N–H and O–H groups in total. The lowest BCUT2D eigenvalue weighted by molar-refractivity contribution is 0.472. The molecular weight excluding hydrogens is 342 g/mol. The monoisotopic (exact) mass is 361 g/mol. The van der Waals surface area contributed by atoms with Crippen LogP contribution in [0.4, 0.5) is 0 Å². The molecule has 128 valence electrons. The van der Waals surface area contributed by atoms with Crippen molar-refractivity contribution < 1.29 is 25.9 Å². The van der Waals surface area contributed by atoms with Crippen LogP contribution in [0.5, 0.6) is 0 Å². The predicted molar refractivity (Wildman–Crippen MR) is 87.2 cm³/mol. The molecule has 0 saturated carbocycles. The summed E-state index contributed by atoms with van der Waals surface area (Å²) in [5.74, 6) is 0.654. The van der Waals surface area contributed by atoms with Gasteiger partial charge in [-0.25, -0.2) is 0 Å². The first-order chi connectivity index (χ1) is 10.6. The van der Waals surface area contributed by atoms with Crippen LogP contribution >= 0.6 is 0 Å². The second-order valence-electron chi connectivity index (χ2n) is 4.95. The fourth-order valence-electron chi connectivity index (χ4n) is 2.16. The summed E-state index contributed by atoms with van der Waals surface area (Å²) in [7, 11) is -8.59. The Kier molecular flexibility index (Phi) is 7.18. The van der Waals surface area contributed by atoms with Gasteiger partial charge in [0.2, 0.25) is 0 Å². The van der Waals surface area contributed by atoms with Crippen LogP contribution in [0.15, 0.2) is 24.3 Å². The van der Waals surface area contributed by atoms with Gasteiger partial charge in [0.15, 0.2) is 0 Å². The van der Waals surface area contributed by atoms with Crippen LogP contribution in [-0.4, -0.2) is 44.0 Å². The molecule has 0 aromatic heterocycles. The van der Waals surface area contributed by atoms with Crippen molar-refractivity contribution in [2.75, 3.05) is 18.1 Å². The van der Waals surface area contributed by atoms with Crippen LogP contribution in [0.1, 0.15) is 23.6 Å². The van der Waals surface area contributed by atoms with Crippen LogP contribution in [0.3, 0.4) is 0 Å². The molecule has 9 heteroatoms. The van der Waals surface area contributed by atoms with Crippen molar-refractivity contribution in [2.45, 2.75) is 18.9 Å². The Morgan fingerprint density at radius 2 is 1.70 bits per heavy atom. The van der Waals surface area contributed by atoms with Crippen molar-refractivity contribution in [3.63, 3.8) is 0 Å². The van der Waals surface area contributed by atoms with E-state index in [-0.39, 0.29) is 0 Å². The second-order valence-corrected chi connectivity index (χ2v) is 8.09. The zero-order chi connectivity index (χ0) is 17.5. The van der Waals surface area contributed by atoms with Crippen molar-refractivity contribution >= 4 is 20.2 Å². The zero-order valence-electron chi connectivity index (χ0n) is 12.3. The summed E-state index contributed by atoms with van der Waals surface area (Å²) in [6.45, 7) is 0.666. The van der Waals surface area contributed by atoms with Crippen LogP contribution in [0.25, 0.3) is 0 Å². The third kappa shape index (κ3) is 8.11.